The van der Waals surface area contributed by atoms with Gasteiger partial charge in [0.15, 0.2) is 5.82 Å². The number of hydrogen-bond acceptors (Lipinski definition) is 5. The third-order valence-corrected chi connectivity index (χ3v) is 3.36. The Labute approximate surface area is 115 Å². The second-order valence-electron chi connectivity index (χ2n) is 4.62. The Morgan fingerprint density at radius 2 is 2.00 bits per heavy atom. The van der Waals surface area contributed by atoms with Crippen molar-refractivity contribution in [3.63, 3.8) is 0 Å². The maximum atomic E-state index is 14.0. The van der Waals surface area contributed by atoms with Gasteiger partial charge < -0.3 is 9.64 Å². The summed E-state index contributed by atoms with van der Waals surface area (Å²) in [6.07, 6.45) is 2.95. The minimum absolute atomic E-state index is 0.218. The second kappa shape index (κ2) is 5.85. The van der Waals surface area contributed by atoms with Crippen LogP contribution < -0.4 is 4.90 Å². The Bertz CT molecular complexity index is 541. The van der Waals surface area contributed by atoms with Crippen molar-refractivity contribution in [1.82, 2.24) is 0 Å². The summed E-state index contributed by atoms with van der Waals surface area (Å²) in [5.41, 5.74) is -0.578. The SMILES string of the molecule is COC(=O)c1cc(N2CCCCC2)c(F)cc1[N+](=O)[O-]. The predicted octanol–water partition coefficient (Wildman–Crippen LogP) is 2.51. The van der Waals surface area contributed by atoms with E-state index in [-0.39, 0.29) is 11.3 Å². The number of carbonyl (C=O) groups excluding carboxylic acids is 1. The molecule has 0 atom stereocenters. The summed E-state index contributed by atoms with van der Waals surface area (Å²) in [5, 5.41) is 10.9. The average molecular weight is 282 g/mol. The van der Waals surface area contributed by atoms with Crippen molar-refractivity contribution in [3.8, 4) is 0 Å². The number of carbonyl (C=O) groups is 1. The number of anilines is 1. The lowest BCUT2D eigenvalue weighted by atomic mass is 10.1. The molecule has 1 fully saturated rings. The molecule has 20 heavy (non-hydrogen) atoms. The lowest BCUT2D eigenvalue weighted by molar-refractivity contribution is -0.385. The van der Waals surface area contributed by atoms with Gasteiger partial charge in [-0.15, -0.1) is 0 Å². The van der Waals surface area contributed by atoms with Crippen LogP contribution in [0.1, 0.15) is 29.6 Å². The Morgan fingerprint density at radius 3 is 2.55 bits per heavy atom. The first-order chi connectivity index (χ1) is 9.54. The zero-order chi connectivity index (χ0) is 14.7. The maximum absolute atomic E-state index is 14.0. The summed E-state index contributed by atoms with van der Waals surface area (Å²) >= 11 is 0. The van der Waals surface area contributed by atoms with E-state index < -0.39 is 22.4 Å². The van der Waals surface area contributed by atoms with E-state index in [0.717, 1.165) is 32.4 Å². The van der Waals surface area contributed by atoms with Gasteiger partial charge >= 0.3 is 5.97 Å². The Morgan fingerprint density at radius 1 is 1.35 bits per heavy atom. The number of rotatable bonds is 3. The van der Waals surface area contributed by atoms with E-state index in [2.05, 4.69) is 4.74 Å². The fourth-order valence-corrected chi connectivity index (χ4v) is 2.35. The van der Waals surface area contributed by atoms with Crippen LogP contribution in [-0.4, -0.2) is 31.1 Å². The average Bonchev–Trinajstić information content (AvgIpc) is 2.47. The molecule has 7 heteroatoms. The molecule has 0 amide bonds. The summed E-state index contributed by atoms with van der Waals surface area (Å²) in [4.78, 5) is 23.5. The lowest BCUT2D eigenvalue weighted by Crippen LogP contribution is -2.30. The molecule has 0 unspecified atom stereocenters. The third-order valence-electron chi connectivity index (χ3n) is 3.36. The number of nitrogens with zero attached hydrogens (tertiary/aromatic N) is 2. The molecule has 1 aromatic rings. The molecule has 1 heterocycles. The molecular weight excluding hydrogens is 267 g/mol. The van der Waals surface area contributed by atoms with Crippen LogP contribution in [0, 0.1) is 15.9 Å². The number of nitro benzene ring substituents is 1. The van der Waals surface area contributed by atoms with Crippen LogP contribution in [0.5, 0.6) is 0 Å². The second-order valence-corrected chi connectivity index (χ2v) is 4.62. The van der Waals surface area contributed by atoms with E-state index in [1.165, 1.54) is 6.07 Å². The van der Waals surface area contributed by atoms with Crippen molar-refractivity contribution in [2.45, 2.75) is 19.3 Å². The Kier molecular flexibility index (Phi) is 4.16. The van der Waals surface area contributed by atoms with Crippen molar-refractivity contribution in [2.24, 2.45) is 0 Å². The summed E-state index contributed by atoms with van der Waals surface area (Å²) in [6, 6.07) is 2.00. The van der Waals surface area contributed by atoms with Gasteiger partial charge in [0.05, 0.1) is 23.8 Å². The molecule has 1 saturated heterocycles. The van der Waals surface area contributed by atoms with E-state index >= 15 is 0 Å². The van der Waals surface area contributed by atoms with Crippen LogP contribution in [0.25, 0.3) is 0 Å². The van der Waals surface area contributed by atoms with Gasteiger partial charge in [-0.1, -0.05) is 0 Å². The number of benzene rings is 1. The molecule has 0 spiro atoms. The van der Waals surface area contributed by atoms with Crippen LogP contribution in [0.3, 0.4) is 0 Å². The standard InChI is InChI=1S/C13H15FN2O4/c1-20-13(17)9-7-12(15-5-3-2-4-6-15)10(14)8-11(9)16(18)19/h7-8H,2-6H2,1H3. The highest BCUT2D eigenvalue weighted by atomic mass is 19.1. The predicted molar refractivity (Wildman–Crippen MR) is 70.5 cm³/mol. The molecule has 2 rings (SSSR count). The summed E-state index contributed by atoms with van der Waals surface area (Å²) in [6.45, 7) is 1.35. The van der Waals surface area contributed by atoms with E-state index in [1.54, 1.807) is 4.90 Å². The molecule has 1 aliphatic rings. The summed E-state index contributed by atoms with van der Waals surface area (Å²) in [5.74, 6) is -1.53. The van der Waals surface area contributed by atoms with Gasteiger partial charge in [-0.2, -0.15) is 0 Å². The molecule has 1 aliphatic heterocycles. The first-order valence-corrected chi connectivity index (χ1v) is 6.35. The van der Waals surface area contributed by atoms with Gasteiger partial charge in [0.2, 0.25) is 0 Å². The van der Waals surface area contributed by atoms with Crippen LogP contribution in [0.2, 0.25) is 0 Å². The highest BCUT2D eigenvalue weighted by molar-refractivity contribution is 5.95. The number of halogens is 1. The van der Waals surface area contributed by atoms with Crippen LogP contribution >= 0.6 is 0 Å². The van der Waals surface area contributed by atoms with Gasteiger partial charge in [0.1, 0.15) is 5.56 Å². The van der Waals surface area contributed by atoms with E-state index in [9.17, 15) is 19.3 Å². The first-order valence-electron chi connectivity index (χ1n) is 6.35. The van der Waals surface area contributed by atoms with Gasteiger partial charge in [-0.25, -0.2) is 9.18 Å². The van der Waals surface area contributed by atoms with Crippen molar-refractivity contribution < 1.29 is 18.8 Å². The molecule has 0 radical (unpaired) electrons. The van der Waals surface area contributed by atoms with Crippen molar-refractivity contribution >= 4 is 17.3 Å². The number of hydrogen-bond donors (Lipinski definition) is 0. The molecule has 6 nitrogen and oxygen atoms in total. The molecule has 0 aliphatic carbocycles. The van der Waals surface area contributed by atoms with Crippen LogP contribution in [0.4, 0.5) is 15.8 Å². The number of nitro groups is 1. The zero-order valence-electron chi connectivity index (χ0n) is 11.1. The molecule has 0 bridgehead atoms. The van der Waals surface area contributed by atoms with Crippen molar-refractivity contribution in [1.29, 1.82) is 0 Å². The number of methoxy groups -OCH3 is 1. The number of ether oxygens (including phenoxy) is 1. The quantitative estimate of drug-likeness (QED) is 0.484. The van der Waals surface area contributed by atoms with Crippen LogP contribution in [-0.2, 0) is 4.74 Å². The highest BCUT2D eigenvalue weighted by Gasteiger charge is 2.26. The minimum atomic E-state index is -0.838. The largest absolute Gasteiger partial charge is 0.465 e. The topological polar surface area (TPSA) is 72.7 Å². The van der Waals surface area contributed by atoms with Crippen molar-refractivity contribution in [2.75, 3.05) is 25.1 Å². The van der Waals surface area contributed by atoms with Gasteiger partial charge in [-0.05, 0) is 25.3 Å². The maximum Gasteiger partial charge on any atom is 0.344 e. The first kappa shape index (κ1) is 14.2. The fraction of sp³-hybridized carbons (Fsp3) is 0.462. The van der Waals surface area contributed by atoms with Crippen molar-refractivity contribution in [3.05, 3.63) is 33.6 Å². The van der Waals surface area contributed by atoms with E-state index in [4.69, 9.17) is 0 Å². The van der Waals surface area contributed by atoms with Gasteiger partial charge in [0, 0.05) is 13.1 Å². The highest BCUT2D eigenvalue weighted by Crippen LogP contribution is 2.30. The normalized spacial score (nSPS) is 15.0. The molecule has 1 aromatic carbocycles. The van der Waals surface area contributed by atoms with Gasteiger partial charge in [0.25, 0.3) is 5.69 Å². The molecule has 0 N–H and O–H groups in total. The zero-order valence-corrected chi connectivity index (χ0v) is 11.1. The third kappa shape index (κ3) is 2.71. The lowest BCUT2D eigenvalue weighted by Gasteiger charge is -2.29. The summed E-state index contributed by atoms with van der Waals surface area (Å²) < 4.78 is 18.6. The van der Waals surface area contributed by atoms with Crippen LogP contribution in [0.15, 0.2) is 12.1 Å². The van der Waals surface area contributed by atoms with Gasteiger partial charge in [-0.3, -0.25) is 10.1 Å². The molecule has 0 aromatic heterocycles. The molecular formula is C13H15FN2O4. The number of piperidine rings is 1. The number of esters is 1. The smallest absolute Gasteiger partial charge is 0.344 e. The Balaban J connectivity index is 2.48. The molecule has 0 saturated carbocycles. The summed E-state index contributed by atoms with van der Waals surface area (Å²) in [7, 11) is 1.13. The monoisotopic (exact) mass is 282 g/mol. The van der Waals surface area contributed by atoms with E-state index in [0.29, 0.717) is 13.1 Å². The minimum Gasteiger partial charge on any atom is -0.465 e. The molecule has 108 valence electrons. The Hall–Kier alpha value is -2.18. The van der Waals surface area contributed by atoms with E-state index in [1.807, 2.05) is 0 Å². The fourth-order valence-electron chi connectivity index (χ4n) is 2.35.